The van der Waals surface area contributed by atoms with Gasteiger partial charge in [-0.2, -0.15) is 0 Å². The summed E-state index contributed by atoms with van der Waals surface area (Å²) in [6.45, 7) is 3.16. The van der Waals surface area contributed by atoms with Crippen LogP contribution in [0.3, 0.4) is 0 Å². The Morgan fingerprint density at radius 2 is 2.22 bits per heavy atom. The third kappa shape index (κ3) is 2.35. The van der Waals surface area contributed by atoms with E-state index in [1.165, 1.54) is 0 Å². The third-order valence-electron chi connectivity index (χ3n) is 0.928. The summed E-state index contributed by atoms with van der Waals surface area (Å²) in [5, 5.41) is 2.10. The Bertz CT molecular complexity index is 166. The van der Waals surface area contributed by atoms with E-state index < -0.39 is 11.4 Å². The molecule has 50 valence electrons. The van der Waals surface area contributed by atoms with Gasteiger partial charge in [0.2, 0.25) is 5.91 Å². The number of hydrogen-bond acceptors (Lipinski definition) is 3. The Morgan fingerprint density at radius 1 is 1.78 bits per heavy atom. The number of carbonyl (C=O) groups excluding carboxylic acids is 1. The van der Waals surface area contributed by atoms with Gasteiger partial charge in [-0.3, -0.25) is 4.79 Å². The molecular formula is C5H8N2OS. The van der Waals surface area contributed by atoms with E-state index in [0.717, 1.165) is 0 Å². The van der Waals surface area contributed by atoms with Crippen molar-refractivity contribution in [2.75, 3.05) is 0 Å². The Morgan fingerprint density at radius 3 is 2.33 bits per heavy atom. The van der Waals surface area contributed by atoms with Gasteiger partial charge in [-0.1, -0.05) is 0 Å². The molecule has 0 aromatic heterocycles. The Hall–Kier alpha value is -0.730. The molecule has 0 rings (SSSR count). The molecule has 0 heterocycles. The number of thiocarbonyl (C=S) groups is 1. The first-order valence-corrected chi connectivity index (χ1v) is 2.80. The number of carbonyl (C=O) groups is 1. The van der Waals surface area contributed by atoms with E-state index >= 15 is 0 Å². The number of rotatable bonds is 2. The fourth-order valence-corrected chi connectivity index (χ4v) is 0.397. The first-order chi connectivity index (χ1) is 4.00. The molecule has 2 N–H and O–H groups in total. The van der Waals surface area contributed by atoms with Gasteiger partial charge < -0.3 is 5.73 Å². The molecule has 0 aliphatic heterocycles. The fraction of sp³-hybridized carbons (Fsp3) is 0.600. The quantitative estimate of drug-likeness (QED) is 0.449. The number of aliphatic imine (C=N–C) groups is 1. The average molecular weight is 144 g/mol. The highest BCUT2D eigenvalue weighted by atomic mass is 32.1. The molecule has 0 aromatic carbocycles. The molecule has 0 aliphatic carbocycles. The summed E-state index contributed by atoms with van der Waals surface area (Å²) < 4.78 is 0. The zero-order valence-electron chi connectivity index (χ0n) is 5.34. The molecule has 9 heavy (non-hydrogen) atoms. The summed E-state index contributed by atoms with van der Waals surface area (Å²) in [4.78, 5) is 14.0. The molecular weight excluding hydrogens is 136 g/mol. The predicted molar refractivity (Wildman–Crippen MR) is 38.3 cm³/mol. The second kappa shape index (κ2) is 2.71. The minimum Gasteiger partial charge on any atom is -0.368 e. The number of nitrogens with two attached hydrogens (primary N) is 1. The van der Waals surface area contributed by atoms with E-state index in [1.54, 1.807) is 13.8 Å². The predicted octanol–water partition coefficient (Wildman–Crippen LogP) is 0.353. The molecule has 0 aliphatic rings. The first-order valence-electron chi connectivity index (χ1n) is 2.39. The zero-order chi connectivity index (χ0) is 7.49. The van der Waals surface area contributed by atoms with Crippen molar-refractivity contribution in [2.45, 2.75) is 19.4 Å². The lowest BCUT2D eigenvalue weighted by molar-refractivity contribution is -0.121. The van der Waals surface area contributed by atoms with E-state index in [0.29, 0.717) is 0 Å². The van der Waals surface area contributed by atoms with E-state index in [4.69, 9.17) is 5.73 Å². The topological polar surface area (TPSA) is 55.4 Å². The second-order valence-electron chi connectivity index (χ2n) is 2.13. The smallest absolute Gasteiger partial charge is 0.245 e. The van der Waals surface area contributed by atoms with Gasteiger partial charge >= 0.3 is 0 Å². The van der Waals surface area contributed by atoms with Gasteiger partial charge in [0.15, 0.2) is 0 Å². The number of isothiocyanates is 1. The molecule has 1 amide bonds. The van der Waals surface area contributed by atoms with Gasteiger partial charge in [0.05, 0.1) is 5.16 Å². The Balaban J connectivity index is 4.37. The lowest BCUT2D eigenvalue weighted by atomic mass is 10.1. The summed E-state index contributed by atoms with van der Waals surface area (Å²) in [5.74, 6) is -0.500. The lowest BCUT2D eigenvalue weighted by Crippen LogP contribution is -2.35. The zero-order valence-corrected chi connectivity index (χ0v) is 6.16. The molecule has 3 nitrogen and oxygen atoms in total. The van der Waals surface area contributed by atoms with Gasteiger partial charge in [0, 0.05) is 0 Å². The van der Waals surface area contributed by atoms with Gasteiger partial charge in [-0.05, 0) is 26.1 Å². The molecule has 0 unspecified atom stereocenters. The van der Waals surface area contributed by atoms with Gasteiger partial charge in [0.25, 0.3) is 0 Å². The number of primary amides is 1. The highest BCUT2D eigenvalue weighted by Gasteiger charge is 2.22. The van der Waals surface area contributed by atoms with Crippen molar-refractivity contribution in [1.82, 2.24) is 0 Å². The maximum atomic E-state index is 10.5. The standard InChI is InChI=1S/C5H8N2OS/c1-5(2,4(6)8)7-3-9/h1-2H3,(H2,6,8). The van der Waals surface area contributed by atoms with Crippen LogP contribution in [0.4, 0.5) is 0 Å². The van der Waals surface area contributed by atoms with Crippen LogP contribution in [-0.4, -0.2) is 16.6 Å². The summed E-state index contributed by atoms with van der Waals surface area (Å²) in [5.41, 5.74) is 4.04. The average Bonchev–Trinajstić information content (AvgIpc) is 1.65. The molecule has 0 aromatic rings. The van der Waals surface area contributed by atoms with Crippen LogP contribution in [0.15, 0.2) is 4.99 Å². The molecule has 0 saturated carbocycles. The second-order valence-corrected chi connectivity index (χ2v) is 2.31. The van der Waals surface area contributed by atoms with Crippen molar-refractivity contribution < 1.29 is 4.79 Å². The minimum atomic E-state index is -0.901. The van der Waals surface area contributed by atoms with E-state index in [-0.39, 0.29) is 0 Å². The van der Waals surface area contributed by atoms with Gasteiger partial charge in [0.1, 0.15) is 5.54 Å². The maximum absolute atomic E-state index is 10.5. The summed E-state index contributed by atoms with van der Waals surface area (Å²) >= 11 is 4.29. The molecule has 0 fully saturated rings. The number of nitrogens with zero attached hydrogens (tertiary/aromatic N) is 1. The summed E-state index contributed by atoms with van der Waals surface area (Å²) in [6, 6.07) is 0. The monoisotopic (exact) mass is 144 g/mol. The summed E-state index contributed by atoms with van der Waals surface area (Å²) in [7, 11) is 0. The number of amides is 1. The molecule has 0 spiro atoms. The van der Waals surface area contributed by atoms with Crippen LogP contribution in [0.1, 0.15) is 13.8 Å². The molecule has 0 saturated heterocycles. The van der Waals surface area contributed by atoms with Gasteiger partial charge in [-0.25, -0.2) is 4.99 Å². The van der Waals surface area contributed by atoms with Crippen LogP contribution < -0.4 is 5.73 Å². The highest BCUT2D eigenvalue weighted by molar-refractivity contribution is 7.78. The fourth-order valence-electron chi connectivity index (χ4n) is 0.169. The van der Waals surface area contributed by atoms with Crippen molar-refractivity contribution in [1.29, 1.82) is 0 Å². The Labute approximate surface area is 59.0 Å². The molecule has 0 radical (unpaired) electrons. The van der Waals surface area contributed by atoms with Crippen molar-refractivity contribution in [3.05, 3.63) is 0 Å². The van der Waals surface area contributed by atoms with Crippen LogP contribution in [-0.2, 0) is 4.79 Å². The highest BCUT2D eigenvalue weighted by Crippen LogP contribution is 2.04. The van der Waals surface area contributed by atoms with E-state index in [2.05, 4.69) is 22.4 Å². The Kier molecular flexibility index (Phi) is 2.49. The molecule has 0 bridgehead atoms. The van der Waals surface area contributed by atoms with E-state index in [1.807, 2.05) is 0 Å². The normalized spacial score (nSPS) is 10.0. The maximum Gasteiger partial charge on any atom is 0.245 e. The van der Waals surface area contributed by atoms with Gasteiger partial charge in [-0.15, -0.1) is 0 Å². The molecule has 0 atom stereocenters. The van der Waals surface area contributed by atoms with Crippen molar-refractivity contribution in [3.63, 3.8) is 0 Å². The first kappa shape index (κ1) is 8.27. The number of hydrogen-bond donors (Lipinski definition) is 1. The van der Waals surface area contributed by atoms with Crippen LogP contribution in [0.2, 0.25) is 0 Å². The van der Waals surface area contributed by atoms with Crippen molar-refractivity contribution in [2.24, 2.45) is 10.7 Å². The SMILES string of the molecule is CC(C)(N=C=S)C(N)=O. The van der Waals surface area contributed by atoms with Crippen LogP contribution in [0.5, 0.6) is 0 Å². The minimum absolute atomic E-state index is 0.500. The van der Waals surface area contributed by atoms with E-state index in [9.17, 15) is 4.79 Å². The van der Waals surface area contributed by atoms with Crippen molar-refractivity contribution in [3.8, 4) is 0 Å². The van der Waals surface area contributed by atoms with Crippen LogP contribution >= 0.6 is 12.2 Å². The molecule has 4 heteroatoms. The largest absolute Gasteiger partial charge is 0.368 e. The van der Waals surface area contributed by atoms with Crippen LogP contribution in [0, 0.1) is 0 Å². The summed E-state index contributed by atoms with van der Waals surface area (Å²) in [6.07, 6.45) is 0. The van der Waals surface area contributed by atoms with Crippen molar-refractivity contribution >= 4 is 23.3 Å². The third-order valence-corrected chi connectivity index (χ3v) is 1.02. The lowest BCUT2D eigenvalue weighted by Gasteiger charge is -2.10. The van der Waals surface area contributed by atoms with Crippen LogP contribution in [0.25, 0.3) is 0 Å².